The van der Waals surface area contributed by atoms with E-state index in [1.165, 1.54) is 6.33 Å². The molecule has 2 aromatic carbocycles. The summed E-state index contributed by atoms with van der Waals surface area (Å²) in [5.41, 5.74) is 2.24. The lowest BCUT2D eigenvalue weighted by molar-refractivity contribution is 0.126. The van der Waals surface area contributed by atoms with E-state index in [-0.39, 0.29) is 0 Å². The van der Waals surface area contributed by atoms with E-state index in [9.17, 15) is 0 Å². The molecule has 2 heterocycles. The van der Waals surface area contributed by atoms with Gasteiger partial charge in [-0.15, -0.1) is 0 Å². The molecule has 0 fully saturated rings. The van der Waals surface area contributed by atoms with Crippen LogP contribution in [0.3, 0.4) is 0 Å². The second-order valence-corrected chi connectivity index (χ2v) is 8.72. The van der Waals surface area contributed by atoms with Crippen LogP contribution in [-0.4, -0.2) is 25.1 Å². The minimum absolute atomic E-state index is 0.404. The van der Waals surface area contributed by atoms with Crippen molar-refractivity contribution in [3.63, 3.8) is 0 Å². The molecular weight excluding hydrogens is 431 g/mol. The Bertz CT molecular complexity index is 1200. The van der Waals surface area contributed by atoms with E-state index in [1.807, 2.05) is 55.7 Å². The van der Waals surface area contributed by atoms with Crippen molar-refractivity contribution in [2.75, 3.05) is 0 Å². The average Bonchev–Trinajstić information content (AvgIpc) is 3.01. The Morgan fingerprint density at radius 3 is 2.24 bits per heavy atom. The molecule has 4 rings (SSSR count). The molecule has 0 aliphatic heterocycles. The number of aromatic nitrogens is 4. The van der Waals surface area contributed by atoms with Crippen molar-refractivity contribution in [2.24, 2.45) is 0 Å². The third-order valence-electron chi connectivity index (χ3n) is 4.07. The third kappa shape index (κ3) is 4.04. The van der Waals surface area contributed by atoms with Crippen LogP contribution in [-0.2, 0) is 0 Å². The second-order valence-electron chi connectivity index (χ2n) is 7.44. The van der Waals surface area contributed by atoms with E-state index in [4.69, 9.17) is 44.5 Å². The summed E-state index contributed by atoms with van der Waals surface area (Å²) in [6.45, 7) is 5.86. The number of benzene rings is 2. The van der Waals surface area contributed by atoms with Crippen LogP contribution in [0.4, 0.5) is 0 Å². The summed E-state index contributed by atoms with van der Waals surface area (Å²) in [5, 5.41) is 1.66. The van der Waals surface area contributed by atoms with E-state index in [0.717, 1.165) is 5.69 Å². The van der Waals surface area contributed by atoms with Crippen molar-refractivity contribution in [3.8, 4) is 23.0 Å². The van der Waals surface area contributed by atoms with Crippen LogP contribution >= 0.6 is 34.8 Å². The Morgan fingerprint density at radius 1 is 0.897 bits per heavy atom. The SMILES string of the molecule is CC(C)(C)Oc1ncnc2c1nc(-c1ccc(Cl)cc1Cl)n2-c1ccc(Cl)cc1. The number of nitrogens with zero attached hydrogens (tertiary/aromatic N) is 4. The summed E-state index contributed by atoms with van der Waals surface area (Å²) in [4.78, 5) is 13.6. The Kier molecular flexibility index (Phi) is 5.15. The average molecular weight is 448 g/mol. The van der Waals surface area contributed by atoms with Gasteiger partial charge in [-0.3, -0.25) is 4.57 Å². The smallest absolute Gasteiger partial charge is 0.245 e. The van der Waals surface area contributed by atoms with Crippen LogP contribution in [0.2, 0.25) is 15.1 Å². The highest BCUT2D eigenvalue weighted by Crippen LogP contribution is 2.36. The van der Waals surface area contributed by atoms with E-state index >= 15 is 0 Å². The molecule has 0 saturated carbocycles. The molecule has 0 aliphatic carbocycles. The first-order valence-electron chi connectivity index (χ1n) is 8.87. The van der Waals surface area contributed by atoms with Crippen LogP contribution in [0.25, 0.3) is 28.2 Å². The lowest BCUT2D eigenvalue weighted by Crippen LogP contribution is -2.23. The highest BCUT2D eigenvalue weighted by Gasteiger charge is 2.23. The molecule has 0 unspecified atom stereocenters. The maximum atomic E-state index is 6.50. The second kappa shape index (κ2) is 7.48. The lowest BCUT2D eigenvalue weighted by atomic mass is 10.2. The first-order chi connectivity index (χ1) is 13.7. The van der Waals surface area contributed by atoms with Gasteiger partial charge in [-0.2, -0.15) is 4.98 Å². The van der Waals surface area contributed by atoms with Gasteiger partial charge in [0.1, 0.15) is 17.8 Å². The molecular formula is C21H17Cl3N4O. The molecule has 29 heavy (non-hydrogen) atoms. The topological polar surface area (TPSA) is 52.8 Å². The molecule has 0 amide bonds. The summed E-state index contributed by atoms with van der Waals surface area (Å²) < 4.78 is 7.92. The van der Waals surface area contributed by atoms with E-state index in [2.05, 4.69) is 9.97 Å². The fourth-order valence-corrected chi connectivity index (χ4v) is 3.54. The van der Waals surface area contributed by atoms with Gasteiger partial charge in [-0.25, -0.2) is 9.97 Å². The highest BCUT2D eigenvalue weighted by molar-refractivity contribution is 6.36. The maximum absolute atomic E-state index is 6.50. The van der Waals surface area contributed by atoms with Crippen molar-refractivity contribution in [3.05, 3.63) is 63.9 Å². The Morgan fingerprint density at radius 2 is 1.59 bits per heavy atom. The van der Waals surface area contributed by atoms with Gasteiger partial charge in [-0.05, 0) is 63.2 Å². The number of rotatable bonds is 3. The molecule has 0 spiro atoms. The molecule has 0 saturated heterocycles. The fourth-order valence-electron chi connectivity index (χ4n) is 2.92. The number of halogens is 3. The molecule has 0 N–H and O–H groups in total. The van der Waals surface area contributed by atoms with Gasteiger partial charge >= 0.3 is 0 Å². The van der Waals surface area contributed by atoms with E-state index in [1.54, 1.807) is 12.1 Å². The number of hydrogen-bond acceptors (Lipinski definition) is 4. The Hall–Kier alpha value is -2.34. The summed E-state index contributed by atoms with van der Waals surface area (Å²) >= 11 is 18.7. The summed E-state index contributed by atoms with van der Waals surface area (Å²) in [6.07, 6.45) is 1.46. The van der Waals surface area contributed by atoms with Crippen LogP contribution < -0.4 is 4.74 Å². The van der Waals surface area contributed by atoms with Gasteiger partial charge in [0, 0.05) is 21.3 Å². The third-order valence-corrected chi connectivity index (χ3v) is 4.87. The van der Waals surface area contributed by atoms with Crippen LogP contribution in [0.15, 0.2) is 48.8 Å². The quantitative estimate of drug-likeness (QED) is 0.354. The van der Waals surface area contributed by atoms with E-state index < -0.39 is 5.60 Å². The van der Waals surface area contributed by atoms with Gasteiger partial charge in [0.25, 0.3) is 0 Å². The zero-order valence-corrected chi connectivity index (χ0v) is 18.2. The minimum Gasteiger partial charge on any atom is -0.470 e. The van der Waals surface area contributed by atoms with Crippen molar-refractivity contribution in [1.82, 2.24) is 19.5 Å². The lowest BCUT2D eigenvalue weighted by Gasteiger charge is -2.20. The molecule has 0 bridgehead atoms. The first-order valence-corrected chi connectivity index (χ1v) is 10.0. The molecule has 5 nitrogen and oxygen atoms in total. The summed E-state index contributed by atoms with van der Waals surface area (Å²) in [5.74, 6) is 1.00. The highest BCUT2D eigenvalue weighted by atomic mass is 35.5. The summed E-state index contributed by atoms with van der Waals surface area (Å²) in [6, 6.07) is 12.7. The van der Waals surface area contributed by atoms with Crippen LogP contribution in [0.1, 0.15) is 20.8 Å². The van der Waals surface area contributed by atoms with Crippen molar-refractivity contribution in [2.45, 2.75) is 26.4 Å². The Labute approximate surface area is 183 Å². The van der Waals surface area contributed by atoms with Gasteiger partial charge in [-0.1, -0.05) is 34.8 Å². The van der Waals surface area contributed by atoms with Crippen molar-refractivity contribution >= 4 is 46.0 Å². The largest absolute Gasteiger partial charge is 0.470 e. The van der Waals surface area contributed by atoms with Gasteiger partial charge in [0.05, 0.1) is 5.02 Å². The van der Waals surface area contributed by atoms with Gasteiger partial charge in [0.2, 0.25) is 5.88 Å². The predicted molar refractivity (Wildman–Crippen MR) is 118 cm³/mol. The fraction of sp³-hybridized carbons (Fsp3) is 0.190. The first kappa shape index (κ1) is 20.0. The molecule has 8 heteroatoms. The van der Waals surface area contributed by atoms with Crippen molar-refractivity contribution in [1.29, 1.82) is 0 Å². The molecule has 0 radical (unpaired) electrons. The van der Waals surface area contributed by atoms with Crippen LogP contribution in [0, 0.1) is 0 Å². The Balaban J connectivity index is 2.04. The van der Waals surface area contributed by atoms with Gasteiger partial charge in [0.15, 0.2) is 11.2 Å². The zero-order chi connectivity index (χ0) is 20.8. The number of imidazole rings is 1. The monoisotopic (exact) mass is 446 g/mol. The maximum Gasteiger partial charge on any atom is 0.245 e. The summed E-state index contributed by atoms with van der Waals surface area (Å²) in [7, 11) is 0. The molecule has 0 atom stereocenters. The normalized spacial score (nSPS) is 11.8. The number of hydrogen-bond donors (Lipinski definition) is 0. The van der Waals surface area contributed by atoms with Gasteiger partial charge < -0.3 is 4.74 Å². The van der Waals surface area contributed by atoms with Crippen LogP contribution in [0.5, 0.6) is 5.88 Å². The van der Waals surface area contributed by atoms with E-state index in [0.29, 0.717) is 43.5 Å². The molecule has 148 valence electrons. The predicted octanol–water partition coefficient (Wildman–Crippen LogP) is 6.62. The zero-order valence-electron chi connectivity index (χ0n) is 15.9. The number of ether oxygens (including phenoxy) is 1. The standard InChI is InChI=1S/C21H17Cl3N4O/c1-21(2,3)29-20-17-19(25-11-26-20)28(14-7-4-12(22)5-8-14)18(27-17)15-9-6-13(23)10-16(15)24/h4-11H,1-3H3. The molecule has 2 aromatic heterocycles. The molecule has 0 aliphatic rings. The minimum atomic E-state index is -0.441. The van der Waals surface area contributed by atoms with Crippen molar-refractivity contribution < 1.29 is 4.74 Å². The molecule has 4 aromatic rings. The number of fused-ring (bicyclic) bond motifs is 1.